The second-order valence-corrected chi connectivity index (χ2v) is 5.41. The minimum absolute atomic E-state index is 0. The van der Waals surface area contributed by atoms with Crippen LogP contribution in [0.15, 0.2) is 48.5 Å². The molecule has 0 unspecified atom stereocenters. The van der Waals surface area contributed by atoms with Crippen molar-refractivity contribution < 1.29 is 9.59 Å². The quantitative estimate of drug-likeness (QED) is 0.828. The minimum atomic E-state index is -0.193. The monoisotopic (exact) mass is 361 g/mol. The van der Waals surface area contributed by atoms with E-state index in [1.54, 1.807) is 41.3 Å². The van der Waals surface area contributed by atoms with Gasteiger partial charge in [0.25, 0.3) is 11.8 Å². The Balaban J connectivity index is 0.00000312. The Morgan fingerprint density at radius 1 is 0.920 bits per heavy atom. The van der Waals surface area contributed by atoms with Gasteiger partial charge in [0.05, 0.1) is 0 Å². The first-order valence-electron chi connectivity index (χ1n) is 8.08. The number of nitrogens with two attached hydrogens (primary N) is 1. The van der Waals surface area contributed by atoms with Crippen LogP contribution in [0.5, 0.6) is 0 Å². The number of rotatable bonds is 6. The summed E-state index contributed by atoms with van der Waals surface area (Å²) < 4.78 is 0. The molecule has 3 N–H and O–H groups in total. The van der Waals surface area contributed by atoms with Gasteiger partial charge in [-0.15, -0.1) is 12.4 Å². The van der Waals surface area contributed by atoms with Crippen LogP contribution in [-0.4, -0.2) is 29.8 Å². The van der Waals surface area contributed by atoms with E-state index < -0.39 is 0 Å². The summed E-state index contributed by atoms with van der Waals surface area (Å²) in [5.74, 6) is -0.198. The van der Waals surface area contributed by atoms with Crippen LogP contribution in [0.4, 0.5) is 5.69 Å². The van der Waals surface area contributed by atoms with Crippen molar-refractivity contribution in [2.75, 3.05) is 18.4 Å². The molecule has 0 fully saturated rings. The summed E-state index contributed by atoms with van der Waals surface area (Å²) >= 11 is 0. The lowest BCUT2D eigenvalue weighted by Crippen LogP contribution is -2.30. The van der Waals surface area contributed by atoms with E-state index in [-0.39, 0.29) is 24.2 Å². The highest BCUT2D eigenvalue weighted by Gasteiger charge is 2.12. The van der Waals surface area contributed by atoms with Gasteiger partial charge in [-0.25, -0.2) is 0 Å². The van der Waals surface area contributed by atoms with E-state index in [2.05, 4.69) is 5.32 Å². The zero-order valence-corrected chi connectivity index (χ0v) is 15.3. The van der Waals surface area contributed by atoms with E-state index in [1.807, 2.05) is 26.0 Å². The Bertz CT molecular complexity index is 696. The van der Waals surface area contributed by atoms with Crippen molar-refractivity contribution >= 4 is 29.9 Å². The van der Waals surface area contributed by atoms with Crippen molar-refractivity contribution in [1.82, 2.24) is 4.90 Å². The fourth-order valence-electron chi connectivity index (χ4n) is 2.38. The summed E-state index contributed by atoms with van der Waals surface area (Å²) in [5.41, 5.74) is 8.36. The van der Waals surface area contributed by atoms with Crippen molar-refractivity contribution in [3.05, 3.63) is 65.2 Å². The first-order chi connectivity index (χ1) is 11.6. The molecule has 0 atom stereocenters. The zero-order valence-electron chi connectivity index (χ0n) is 14.5. The van der Waals surface area contributed by atoms with Crippen molar-refractivity contribution in [2.24, 2.45) is 5.73 Å². The summed E-state index contributed by atoms with van der Waals surface area (Å²) in [6.45, 7) is 5.70. The molecule has 0 aliphatic heterocycles. The number of nitrogens with zero attached hydrogens (tertiary/aromatic N) is 1. The van der Waals surface area contributed by atoms with E-state index in [9.17, 15) is 9.59 Å². The van der Waals surface area contributed by atoms with Gasteiger partial charge in [0.2, 0.25) is 0 Å². The van der Waals surface area contributed by atoms with Crippen LogP contribution in [0.2, 0.25) is 0 Å². The molecule has 0 aromatic heterocycles. The first kappa shape index (κ1) is 20.7. The van der Waals surface area contributed by atoms with Crippen molar-refractivity contribution in [2.45, 2.75) is 20.4 Å². The molecule has 0 saturated heterocycles. The van der Waals surface area contributed by atoms with Gasteiger partial charge in [0, 0.05) is 36.4 Å². The van der Waals surface area contributed by atoms with Crippen LogP contribution in [0, 0.1) is 0 Å². The van der Waals surface area contributed by atoms with Gasteiger partial charge in [-0.05, 0) is 55.8 Å². The molecule has 134 valence electrons. The van der Waals surface area contributed by atoms with Crippen LogP contribution in [0.25, 0.3) is 0 Å². The van der Waals surface area contributed by atoms with E-state index in [0.29, 0.717) is 36.4 Å². The van der Waals surface area contributed by atoms with Gasteiger partial charge in [0.1, 0.15) is 0 Å². The molecule has 25 heavy (non-hydrogen) atoms. The molecule has 0 spiro atoms. The second-order valence-electron chi connectivity index (χ2n) is 5.41. The van der Waals surface area contributed by atoms with Gasteiger partial charge in [0.15, 0.2) is 0 Å². The van der Waals surface area contributed by atoms with Crippen LogP contribution < -0.4 is 11.1 Å². The Morgan fingerprint density at radius 2 is 1.44 bits per heavy atom. The van der Waals surface area contributed by atoms with E-state index in [1.165, 1.54) is 0 Å². The number of amides is 2. The predicted octanol–water partition coefficient (Wildman–Crippen LogP) is 3.30. The lowest BCUT2D eigenvalue weighted by Gasteiger charge is -2.18. The van der Waals surface area contributed by atoms with Gasteiger partial charge in [-0.3, -0.25) is 9.59 Å². The molecule has 0 heterocycles. The highest BCUT2D eigenvalue weighted by Crippen LogP contribution is 2.13. The molecule has 0 saturated carbocycles. The van der Waals surface area contributed by atoms with E-state index >= 15 is 0 Å². The standard InChI is InChI=1S/C19H23N3O2.ClH/c1-3-22(4-2)19(24)16-9-11-17(12-10-16)21-18(23)15-7-5-14(13-20)6-8-15;/h5-12H,3-4,13,20H2,1-2H3,(H,21,23);1H. The van der Waals surface area contributed by atoms with Crippen molar-refractivity contribution in [3.63, 3.8) is 0 Å². The minimum Gasteiger partial charge on any atom is -0.339 e. The molecule has 2 aromatic rings. The lowest BCUT2D eigenvalue weighted by atomic mass is 10.1. The summed E-state index contributed by atoms with van der Waals surface area (Å²) in [6.07, 6.45) is 0. The van der Waals surface area contributed by atoms with Crippen LogP contribution in [0.3, 0.4) is 0 Å². The number of hydrogen-bond donors (Lipinski definition) is 2. The van der Waals surface area contributed by atoms with E-state index in [4.69, 9.17) is 5.73 Å². The number of carbonyl (C=O) groups excluding carboxylic acids is 2. The maximum absolute atomic E-state index is 12.3. The Hall–Kier alpha value is -2.37. The highest BCUT2D eigenvalue weighted by molar-refractivity contribution is 6.04. The molecule has 2 amide bonds. The van der Waals surface area contributed by atoms with Gasteiger partial charge in [-0.1, -0.05) is 12.1 Å². The maximum atomic E-state index is 12.3. The van der Waals surface area contributed by atoms with Crippen LogP contribution in [0.1, 0.15) is 40.1 Å². The molecule has 6 heteroatoms. The molecule has 0 bridgehead atoms. The smallest absolute Gasteiger partial charge is 0.255 e. The fourth-order valence-corrected chi connectivity index (χ4v) is 2.38. The topological polar surface area (TPSA) is 75.4 Å². The Morgan fingerprint density at radius 3 is 1.92 bits per heavy atom. The molecular formula is C19H24ClN3O2. The Labute approximate surface area is 154 Å². The number of benzene rings is 2. The molecule has 2 rings (SSSR count). The summed E-state index contributed by atoms with van der Waals surface area (Å²) in [6, 6.07) is 14.1. The first-order valence-corrected chi connectivity index (χ1v) is 8.08. The van der Waals surface area contributed by atoms with Gasteiger partial charge < -0.3 is 16.0 Å². The van der Waals surface area contributed by atoms with Crippen molar-refractivity contribution in [3.8, 4) is 0 Å². The third kappa shape index (κ3) is 5.31. The molecule has 2 aromatic carbocycles. The van der Waals surface area contributed by atoms with Crippen LogP contribution >= 0.6 is 12.4 Å². The third-order valence-corrected chi connectivity index (χ3v) is 3.89. The normalized spacial score (nSPS) is 9.88. The molecule has 0 radical (unpaired) electrons. The second kappa shape index (κ2) is 9.81. The highest BCUT2D eigenvalue weighted by atomic mass is 35.5. The number of hydrogen-bond acceptors (Lipinski definition) is 3. The summed E-state index contributed by atoms with van der Waals surface area (Å²) in [7, 11) is 0. The summed E-state index contributed by atoms with van der Waals surface area (Å²) in [5, 5.41) is 2.82. The summed E-state index contributed by atoms with van der Waals surface area (Å²) in [4.78, 5) is 26.2. The lowest BCUT2D eigenvalue weighted by molar-refractivity contribution is 0.0773. The average molecular weight is 362 g/mol. The van der Waals surface area contributed by atoms with Crippen LogP contribution in [-0.2, 0) is 6.54 Å². The predicted molar refractivity (Wildman–Crippen MR) is 103 cm³/mol. The molecule has 5 nitrogen and oxygen atoms in total. The fraction of sp³-hybridized carbons (Fsp3) is 0.263. The SMILES string of the molecule is CCN(CC)C(=O)c1ccc(NC(=O)c2ccc(CN)cc2)cc1.Cl. The molecule has 0 aliphatic carbocycles. The molecular weight excluding hydrogens is 338 g/mol. The number of carbonyl (C=O) groups is 2. The van der Waals surface area contributed by atoms with Crippen molar-refractivity contribution in [1.29, 1.82) is 0 Å². The largest absolute Gasteiger partial charge is 0.339 e. The number of nitrogens with one attached hydrogen (secondary N) is 1. The average Bonchev–Trinajstić information content (AvgIpc) is 2.63. The number of halogens is 1. The third-order valence-electron chi connectivity index (χ3n) is 3.89. The van der Waals surface area contributed by atoms with Gasteiger partial charge >= 0.3 is 0 Å². The molecule has 0 aliphatic rings. The maximum Gasteiger partial charge on any atom is 0.255 e. The van der Waals surface area contributed by atoms with E-state index in [0.717, 1.165) is 5.56 Å². The van der Waals surface area contributed by atoms with Gasteiger partial charge in [-0.2, -0.15) is 0 Å². The zero-order chi connectivity index (χ0) is 17.5. The Kier molecular flexibility index (Phi) is 8.11. The number of anilines is 1.